The van der Waals surface area contributed by atoms with Gasteiger partial charge in [0.2, 0.25) is 11.9 Å². The predicted octanol–water partition coefficient (Wildman–Crippen LogP) is 3.91. The lowest BCUT2D eigenvalue weighted by molar-refractivity contribution is -0.115. The third kappa shape index (κ3) is 4.59. The Labute approximate surface area is 175 Å². The molecule has 0 atom stereocenters. The van der Waals surface area contributed by atoms with E-state index in [1.807, 2.05) is 51.1 Å². The molecule has 8 heteroatoms. The first-order chi connectivity index (χ1) is 14.5. The van der Waals surface area contributed by atoms with Crippen molar-refractivity contribution in [1.82, 2.24) is 15.1 Å². The van der Waals surface area contributed by atoms with Crippen molar-refractivity contribution in [3.63, 3.8) is 0 Å². The molecule has 30 heavy (non-hydrogen) atoms. The van der Waals surface area contributed by atoms with Crippen molar-refractivity contribution < 1.29 is 9.32 Å². The number of hydrogen-bond acceptors (Lipinski definition) is 7. The van der Waals surface area contributed by atoms with E-state index in [1.165, 1.54) is 12.8 Å². The maximum Gasteiger partial charge on any atom is 0.229 e. The number of aromatic nitrogens is 3. The largest absolute Gasteiger partial charge is 0.361 e. The molecule has 0 bridgehead atoms. The first-order valence-electron chi connectivity index (χ1n) is 10.2. The highest BCUT2D eigenvalue weighted by Gasteiger charge is 2.16. The SMILES string of the molecule is Cc1cc(N2CCCC2)nc(Nc2ccc(NC(=O)Cc3c(C)noc3C)cc2)n1. The number of amides is 1. The minimum absolute atomic E-state index is 0.109. The van der Waals surface area contributed by atoms with Crippen LogP contribution in [-0.4, -0.2) is 34.1 Å². The van der Waals surface area contributed by atoms with Crippen LogP contribution in [0.2, 0.25) is 0 Å². The first-order valence-corrected chi connectivity index (χ1v) is 10.2. The molecule has 8 nitrogen and oxygen atoms in total. The third-order valence-corrected chi connectivity index (χ3v) is 5.21. The molecular formula is C22H26N6O2. The molecule has 1 aliphatic heterocycles. The van der Waals surface area contributed by atoms with E-state index in [4.69, 9.17) is 4.52 Å². The van der Waals surface area contributed by atoms with Crippen LogP contribution < -0.4 is 15.5 Å². The van der Waals surface area contributed by atoms with Gasteiger partial charge in [-0.15, -0.1) is 0 Å². The van der Waals surface area contributed by atoms with Crippen molar-refractivity contribution in [2.75, 3.05) is 28.6 Å². The third-order valence-electron chi connectivity index (χ3n) is 5.21. The lowest BCUT2D eigenvalue weighted by Crippen LogP contribution is -2.19. The van der Waals surface area contributed by atoms with Crippen molar-refractivity contribution in [3.8, 4) is 0 Å². The average molecular weight is 406 g/mol. The van der Waals surface area contributed by atoms with Crippen molar-refractivity contribution >= 4 is 29.0 Å². The van der Waals surface area contributed by atoms with Crippen LogP contribution in [0.1, 0.15) is 35.6 Å². The summed E-state index contributed by atoms with van der Waals surface area (Å²) in [5.74, 6) is 2.11. The van der Waals surface area contributed by atoms with Crippen molar-refractivity contribution in [3.05, 3.63) is 53.0 Å². The molecule has 0 radical (unpaired) electrons. The molecule has 156 valence electrons. The molecule has 4 rings (SSSR count). The zero-order valence-corrected chi connectivity index (χ0v) is 17.5. The topological polar surface area (TPSA) is 96.2 Å². The lowest BCUT2D eigenvalue weighted by Gasteiger charge is -2.17. The van der Waals surface area contributed by atoms with Gasteiger partial charge in [-0.05, 0) is 57.9 Å². The van der Waals surface area contributed by atoms with Gasteiger partial charge in [0.1, 0.15) is 11.6 Å². The van der Waals surface area contributed by atoms with Gasteiger partial charge < -0.3 is 20.1 Å². The van der Waals surface area contributed by atoms with Crippen LogP contribution in [0, 0.1) is 20.8 Å². The molecule has 0 saturated carbocycles. The maximum absolute atomic E-state index is 12.3. The molecule has 1 saturated heterocycles. The Morgan fingerprint density at radius 2 is 1.77 bits per heavy atom. The molecule has 3 heterocycles. The number of aryl methyl sites for hydroxylation is 3. The van der Waals surface area contributed by atoms with Crippen molar-refractivity contribution in [2.24, 2.45) is 0 Å². The number of nitrogens with one attached hydrogen (secondary N) is 2. The highest BCUT2D eigenvalue weighted by molar-refractivity contribution is 5.92. The number of benzene rings is 1. The molecule has 1 aliphatic rings. The summed E-state index contributed by atoms with van der Waals surface area (Å²) < 4.78 is 5.11. The van der Waals surface area contributed by atoms with Gasteiger partial charge in [0.25, 0.3) is 0 Å². The molecule has 0 spiro atoms. The molecule has 0 unspecified atom stereocenters. The molecule has 1 aromatic carbocycles. The highest BCUT2D eigenvalue weighted by atomic mass is 16.5. The standard InChI is InChI=1S/C22H26N6O2/c1-14-12-20(28-10-4-5-11-28)26-22(23-14)25-18-8-6-17(7-9-18)24-21(29)13-19-15(2)27-30-16(19)3/h6-9,12H,4-5,10-11,13H2,1-3H3,(H,24,29)(H,23,25,26). The lowest BCUT2D eigenvalue weighted by atomic mass is 10.1. The van der Waals surface area contributed by atoms with E-state index < -0.39 is 0 Å². The fourth-order valence-electron chi connectivity index (χ4n) is 3.60. The molecule has 2 N–H and O–H groups in total. The minimum atomic E-state index is -0.109. The van der Waals surface area contributed by atoms with Crippen LogP contribution >= 0.6 is 0 Å². The summed E-state index contributed by atoms with van der Waals surface area (Å²) in [4.78, 5) is 23.8. The van der Waals surface area contributed by atoms with E-state index in [1.54, 1.807) is 0 Å². The number of carbonyl (C=O) groups is 1. The second-order valence-electron chi connectivity index (χ2n) is 7.62. The second kappa shape index (κ2) is 8.52. The Balaban J connectivity index is 1.39. The fourth-order valence-corrected chi connectivity index (χ4v) is 3.60. The molecular weight excluding hydrogens is 380 g/mol. The van der Waals surface area contributed by atoms with Gasteiger partial charge in [0.05, 0.1) is 12.1 Å². The average Bonchev–Trinajstić information content (AvgIpc) is 3.35. The van der Waals surface area contributed by atoms with Gasteiger partial charge >= 0.3 is 0 Å². The Hall–Kier alpha value is -3.42. The summed E-state index contributed by atoms with van der Waals surface area (Å²) in [5.41, 5.74) is 4.08. The van der Waals surface area contributed by atoms with Crippen LogP contribution in [-0.2, 0) is 11.2 Å². The summed E-state index contributed by atoms with van der Waals surface area (Å²) in [6, 6.07) is 9.52. The quantitative estimate of drug-likeness (QED) is 0.640. The van der Waals surface area contributed by atoms with Gasteiger partial charge in [-0.25, -0.2) is 4.98 Å². The van der Waals surface area contributed by atoms with Crippen LogP contribution in [0.3, 0.4) is 0 Å². The maximum atomic E-state index is 12.3. The summed E-state index contributed by atoms with van der Waals surface area (Å²) >= 11 is 0. The van der Waals surface area contributed by atoms with E-state index in [9.17, 15) is 4.79 Å². The van der Waals surface area contributed by atoms with Crippen LogP contribution in [0.4, 0.5) is 23.1 Å². The van der Waals surface area contributed by atoms with Crippen molar-refractivity contribution in [2.45, 2.75) is 40.0 Å². The highest BCUT2D eigenvalue weighted by Crippen LogP contribution is 2.22. The van der Waals surface area contributed by atoms with Crippen LogP contribution in [0.5, 0.6) is 0 Å². The molecule has 1 amide bonds. The van der Waals surface area contributed by atoms with Gasteiger partial charge in [0.15, 0.2) is 0 Å². The monoisotopic (exact) mass is 406 g/mol. The Bertz CT molecular complexity index is 1020. The number of hydrogen-bond donors (Lipinski definition) is 2. The molecule has 2 aromatic heterocycles. The van der Waals surface area contributed by atoms with Gasteiger partial charge in [-0.2, -0.15) is 4.98 Å². The normalized spacial score (nSPS) is 13.5. The Morgan fingerprint density at radius 3 is 2.43 bits per heavy atom. The first kappa shape index (κ1) is 19.9. The molecule has 0 aliphatic carbocycles. The predicted molar refractivity (Wildman–Crippen MR) is 116 cm³/mol. The minimum Gasteiger partial charge on any atom is -0.361 e. The summed E-state index contributed by atoms with van der Waals surface area (Å²) in [5, 5.41) is 10.1. The number of rotatable bonds is 6. The van der Waals surface area contributed by atoms with Crippen LogP contribution in [0.25, 0.3) is 0 Å². The van der Waals surface area contributed by atoms with E-state index in [0.29, 0.717) is 11.7 Å². The van der Waals surface area contributed by atoms with E-state index >= 15 is 0 Å². The van der Waals surface area contributed by atoms with Gasteiger partial charge in [-0.3, -0.25) is 4.79 Å². The van der Waals surface area contributed by atoms with Crippen molar-refractivity contribution in [1.29, 1.82) is 0 Å². The zero-order chi connectivity index (χ0) is 21.1. The second-order valence-corrected chi connectivity index (χ2v) is 7.62. The number of anilines is 4. The van der Waals surface area contributed by atoms with E-state index in [0.717, 1.165) is 47.2 Å². The Morgan fingerprint density at radius 1 is 1.07 bits per heavy atom. The number of carbonyl (C=O) groups excluding carboxylic acids is 1. The number of nitrogens with zero attached hydrogens (tertiary/aromatic N) is 4. The van der Waals surface area contributed by atoms with E-state index in [-0.39, 0.29) is 12.3 Å². The summed E-state index contributed by atoms with van der Waals surface area (Å²) in [7, 11) is 0. The smallest absolute Gasteiger partial charge is 0.229 e. The Kier molecular flexibility index (Phi) is 5.65. The van der Waals surface area contributed by atoms with Crippen LogP contribution in [0.15, 0.2) is 34.9 Å². The molecule has 1 fully saturated rings. The van der Waals surface area contributed by atoms with Gasteiger partial charge in [0, 0.05) is 41.8 Å². The zero-order valence-electron chi connectivity index (χ0n) is 17.5. The summed E-state index contributed by atoms with van der Waals surface area (Å²) in [6.07, 6.45) is 2.64. The fraction of sp³-hybridized carbons (Fsp3) is 0.364. The van der Waals surface area contributed by atoms with E-state index in [2.05, 4.69) is 30.7 Å². The molecule has 3 aromatic rings. The summed E-state index contributed by atoms with van der Waals surface area (Å²) in [6.45, 7) is 7.70. The van der Waals surface area contributed by atoms with Gasteiger partial charge in [-0.1, -0.05) is 5.16 Å².